The van der Waals surface area contributed by atoms with Crippen LogP contribution in [0, 0.1) is 25.5 Å². The topological polar surface area (TPSA) is 77.1 Å². The van der Waals surface area contributed by atoms with Crippen LogP contribution < -0.4 is 10.9 Å². The Labute approximate surface area is 147 Å². The molecule has 0 aliphatic heterocycles. The van der Waals surface area contributed by atoms with Crippen LogP contribution in [-0.4, -0.2) is 15.5 Å². The van der Waals surface area contributed by atoms with Gasteiger partial charge in [0.05, 0.1) is 5.69 Å². The fourth-order valence-electron chi connectivity index (χ4n) is 2.79. The van der Waals surface area contributed by atoms with E-state index in [9.17, 15) is 18.4 Å². The van der Waals surface area contributed by atoms with Gasteiger partial charge in [-0.3, -0.25) is 14.2 Å². The molecular weight excluding hydrogens is 344 g/mol. The first kappa shape index (κ1) is 17.8. The Balaban J connectivity index is 1.99. The number of hydrogen-bond acceptors (Lipinski definition) is 4. The number of carbonyl (C=O) groups excluding carboxylic acids is 1. The fourth-order valence-corrected chi connectivity index (χ4v) is 2.79. The van der Waals surface area contributed by atoms with Gasteiger partial charge in [0.1, 0.15) is 35.2 Å². The Hall–Kier alpha value is -3.03. The van der Waals surface area contributed by atoms with Crippen LogP contribution in [0.25, 0.3) is 11.1 Å². The van der Waals surface area contributed by atoms with Crippen molar-refractivity contribution in [1.29, 1.82) is 0 Å². The van der Waals surface area contributed by atoms with Crippen molar-refractivity contribution in [1.82, 2.24) is 9.55 Å². The summed E-state index contributed by atoms with van der Waals surface area (Å²) in [5, 5.41) is 2.70. The standard InChI is InChI=1S/C18H17F2N3O3/c1-4-14(16(24)22-13-6-5-11(19)7-12(13)20)23-8-21-17-15(18(23)25)9(2)10(3)26-17/h5-8,14H,4H2,1-3H3,(H,22,24)/t14-/m1/s1. The van der Waals surface area contributed by atoms with Gasteiger partial charge in [-0.15, -0.1) is 0 Å². The normalized spacial score (nSPS) is 12.3. The number of aryl methyl sites for hydroxylation is 2. The molecule has 3 aromatic rings. The van der Waals surface area contributed by atoms with Crippen LogP contribution in [0.4, 0.5) is 14.5 Å². The maximum absolute atomic E-state index is 13.8. The molecule has 1 N–H and O–H groups in total. The molecule has 0 aliphatic rings. The second-order valence-electron chi connectivity index (χ2n) is 5.96. The number of hydrogen-bond donors (Lipinski definition) is 1. The molecule has 3 rings (SSSR count). The van der Waals surface area contributed by atoms with Crippen molar-refractivity contribution in [3.63, 3.8) is 0 Å². The number of nitrogens with zero attached hydrogens (tertiary/aromatic N) is 2. The molecule has 0 saturated carbocycles. The molecule has 136 valence electrons. The van der Waals surface area contributed by atoms with Crippen LogP contribution in [-0.2, 0) is 4.79 Å². The highest BCUT2D eigenvalue weighted by molar-refractivity contribution is 5.94. The number of anilines is 1. The second kappa shape index (κ2) is 6.70. The highest BCUT2D eigenvalue weighted by Crippen LogP contribution is 2.22. The van der Waals surface area contributed by atoms with Gasteiger partial charge < -0.3 is 9.73 Å². The van der Waals surface area contributed by atoms with E-state index in [2.05, 4.69) is 10.3 Å². The van der Waals surface area contributed by atoms with E-state index in [1.54, 1.807) is 20.8 Å². The number of fused-ring (bicyclic) bond motifs is 1. The number of halogens is 2. The summed E-state index contributed by atoms with van der Waals surface area (Å²) in [7, 11) is 0. The van der Waals surface area contributed by atoms with Crippen molar-refractivity contribution in [2.45, 2.75) is 33.2 Å². The first-order chi connectivity index (χ1) is 12.3. The molecule has 8 heteroatoms. The van der Waals surface area contributed by atoms with Gasteiger partial charge in [-0.25, -0.2) is 13.8 Å². The summed E-state index contributed by atoms with van der Waals surface area (Å²) in [6, 6.07) is 1.94. The number of furan rings is 1. The predicted octanol–water partition coefficient (Wildman–Crippen LogP) is 3.47. The summed E-state index contributed by atoms with van der Waals surface area (Å²) in [6.07, 6.45) is 1.51. The lowest BCUT2D eigenvalue weighted by molar-refractivity contribution is -0.119. The molecule has 0 spiro atoms. The summed E-state index contributed by atoms with van der Waals surface area (Å²) < 4.78 is 33.4. The number of amides is 1. The number of carbonyl (C=O) groups is 1. The molecule has 0 saturated heterocycles. The van der Waals surface area contributed by atoms with Gasteiger partial charge in [0.25, 0.3) is 5.56 Å². The molecule has 6 nitrogen and oxygen atoms in total. The molecule has 0 aliphatic carbocycles. The summed E-state index contributed by atoms with van der Waals surface area (Å²) in [5.74, 6) is -1.66. The van der Waals surface area contributed by atoms with E-state index in [0.717, 1.165) is 12.1 Å². The van der Waals surface area contributed by atoms with Crippen molar-refractivity contribution in [3.05, 3.63) is 57.8 Å². The zero-order chi connectivity index (χ0) is 19.0. The summed E-state index contributed by atoms with van der Waals surface area (Å²) in [6.45, 7) is 5.18. The molecule has 1 aromatic carbocycles. The molecule has 0 radical (unpaired) electrons. The second-order valence-corrected chi connectivity index (χ2v) is 5.96. The molecule has 0 unspecified atom stereocenters. The zero-order valence-corrected chi connectivity index (χ0v) is 14.5. The van der Waals surface area contributed by atoms with Crippen LogP contribution in [0.5, 0.6) is 0 Å². The van der Waals surface area contributed by atoms with Crippen molar-refractivity contribution >= 4 is 22.7 Å². The molecule has 0 bridgehead atoms. The summed E-state index contributed by atoms with van der Waals surface area (Å²) >= 11 is 0. The maximum Gasteiger partial charge on any atom is 0.265 e. The van der Waals surface area contributed by atoms with Gasteiger partial charge in [-0.1, -0.05) is 6.92 Å². The quantitative estimate of drug-likeness (QED) is 0.772. The fraction of sp³-hybridized carbons (Fsp3) is 0.278. The number of benzene rings is 1. The lowest BCUT2D eigenvalue weighted by Gasteiger charge is -2.17. The highest BCUT2D eigenvalue weighted by Gasteiger charge is 2.24. The molecule has 2 aromatic heterocycles. The van der Waals surface area contributed by atoms with E-state index in [4.69, 9.17) is 4.42 Å². The number of nitrogens with one attached hydrogen (secondary N) is 1. The van der Waals surface area contributed by atoms with Gasteiger partial charge in [-0.2, -0.15) is 0 Å². The van der Waals surface area contributed by atoms with Crippen LogP contribution >= 0.6 is 0 Å². The maximum atomic E-state index is 13.8. The first-order valence-electron chi connectivity index (χ1n) is 8.06. The monoisotopic (exact) mass is 361 g/mol. The van der Waals surface area contributed by atoms with E-state index in [1.807, 2.05) is 0 Å². The van der Waals surface area contributed by atoms with E-state index in [1.165, 1.54) is 10.9 Å². The third kappa shape index (κ3) is 2.98. The van der Waals surface area contributed by atoms with Gasteiger partial charge in [0, 0.05) is 11.6 Å². The summed E-state index contributed by atoms with van der Waals surface area (Å²) in [5.41, 5.74) is 0.297. The van der Waals surface area contributed by atoms with E-state index in [0.29, 0.717) is 22.8 Å². The minimum atomic E-state index is -0.904. The Morgan fingerprint density at radius 3 is 2.73 bits per heavy atom. The Kier molecular flexibility index (Phi) is 4.58. The van der Waals surface area contributed by atoms with E-state index >= 15 is 0 Å². The molecule has 2 heterocycles. The van der Waals surface area contributed by atoms with Gasteiger partial charge >= 0.3 is 0 Å². The van der Waals surface area contributed by atoms with E-state index in [-0.39, 0.29) is 17.8 Å². The molecule has 1 atom stereocenters. The zero-order valence-electron chi connectivity index (χ0n) is 14.5. The van der Waals surface area contributed by atoms with Crippen molar-refractivity contribution in [2.24, 2.45) is 0 Å². The Bertz CT molecular complexity index is 1060. The molecular formula is C18H17F2N3O3. The van der Waals surface area contributed by atoms with Crippen LogP contribution in [0.15, 0.2) is 33.7 Å². The SMILES string of the molecule is CC[C@H](C(=O)Nc1ccc(F)cc1F)n1cnc2oc(C)c(C)c2c1=O. The van der Waals surface area contributed by atoms with Gasteiger partial charge in [-0.05, 0) is 32.4 Å². The molecule has 0 fully saturated rings. The first-order valence-corrected chi connectivity index (χ1v) is 8.06. The highest BCUT2D eigenvalue weighted by atomic mass is 19.1. The molecule has 1 amide bonds. The van der Waals surface area contributed by atoms with Gasteiger partial charge in [0.15, 0.2) is 0 Å². The van der Waals surface area contributed by atoms with Crippen molar-refractivity contribution in [2.75, 3.05) is 5.32 Å². The van der Waals surface area contributed by atoms with Crippen LogP contribution in [0.1, 0.15) is 30.7 Å². The minimum absolute atomic E-state index is 0.160. The Morgan fingerprint density at radius 1 is 1.35 bits per heavy atom. The predicted molar refractivity (Wildman–Crippen MR) is 92.1 cm³/mol. The Morgan fingerprint density at radius 2 is 2.08 bits per heavy atom. The average molecular weight is 361 g/mol. The third-order valence-electron chi connectivity index (χ3n) is 4.33. The van der Waals surface area contributed by atoms with E-state index < -0.39 is 29.1 Å². The van der Waals surface area contributed by atoms with Gasteiger partial charge in [0.2, 0.25) is 11.6 Å². The minimum Gasteiger partial charge on any atom is -0.443 e. The van der Waals surface area contributed by atoms with Crippen molar-refractivity contribution in [3.8, 4) is 0 Å². The number of aromatic nitrogens is 2. The smallest absolute Gasteiger partial charge is 0.265 e. The largest absolute Gasteiger partial charge is 0.443 e. The summed E-state index contributed by atoms with van der Waals surface area (Å²) in [4.78, 5) is 29.5. The third-order valence-corrected chi connectivity index (χ3v) is 4.33. The number of rotatable bonds is 4. The van der Waals surface area contributed by atoms with Crippen molar-refractivity contribution < 1.29 is 18.0 Å². The van der Waals surface area contributed by atoms with Crippen LogP contribution in [0.2, 0.25) is 0 Å². The van der Waals surface area contributed by atoms with Crippen LogP contribution in [0.3, 0.4) is 0 Å². The lowest BCUT2D eigenvalue weighted by Crippen LogP contribution is -2.33. The molecule has 26 heavy (non-hydrogen) atoms. The lowest BCUT2D eigenvalue weighted by atomic mass is 10.1. The average Bonchev–Trinajstić information content (AvgIpc) is 2.88.